The molecule has 6 nitrogen and oxygen atoms in total. The Hall–Kier alpha value is -1.50. The second-order valence-electron chi connectivity index (χ2n) is 7.18. The van der Waals surface area contributed by atoms with Crippen molar-refractivity contribution in [3.8, 4) is 0 Å². The summed E-state index contributed by atoms with van der Waals surface area (Å²) >= 11 is 0. The van der Waals surface area contributed by atoms with Crippen molar-refractivity contribution < 1.29 is 14.3 Å². The fourth-order valence-corrected chi connectivity index (χ4v) is 3.91. The van der Waals surface area contributed by atoms with Crippen molar-refractivity contribution in [3.63, 3.8) is 0 Å². The predicted octanol–water partition coefficient (Wildman–Crippen LogP) is 1.73. The lowest BCUT2D eigenvalue weighted by Gasteiger charge is -2.28. The molecule has 0 aliphatic carbocycles. The number of hydrogen-bond donors (Lipinski definition) is 0. The molecule has 0 radical (unpaired) electrons. The van der Waals surface area contributed by atoms with Crippen LogP contribution in [0.15, 0.2) is 24.5 Å². The number of hydrogen-bond acceptors (Lipinski definition) is 5. The first kappa shape index (κ1) is 18.3. The molecule has 1 aromatic heterocycles. The summed E-state index contributed by atoms with van der Waals surface area (Å²) < 4.78 is 11.1. The molecule has 0 saturated carbocycles. The number of likely N-dealkylation sites (tertiary alicyclic amines) is 1. The van der Waals surface area contributed by atoms with Crippen molar-refractivity contribution in [2.24, 2.45) is 5.92 Å². The second-order valence-corrected chi connectivity index (χ2v) is 7.18. The van der Waals surface area contributed by atoms with Crippen molar-refractivity contribution in [3.05, 3.63) is 30.1 Å². The van der Waals surface area contributed by atoms with E-state index in [2.05, 4.69) is 23.0 Å². The van der Waals surface area contributed by atoms with Gasteiger partial charge in [-0.1, -0.05) is 6.07 Å². The van der Waals surface area contributed by atoms with Crippen LogP contribution in [0.25, 0.3) is 0 Å². The monoisotopic (exact) mass is 347 g/mol. The van der Waals surface area contributed by atoms with Crippen LogP contribution in [0.3, 0.4) is 0 Å². The summed E-state index contributed by atoms with van der Waals surface area (Å²) in [7, 11) is 4.01. The standard InChI is InChI=1S/C19H29N3O3/c1-21-9-7-16(19(21)15-5-3-8-20-11-15)12-22(2)18(23)14-24-13-17-6-4-10-25-17/h3,5,8,11,16-17,19H,4,6-7,9-10,12-14H2,1-2H3/t16-,17?,19-/m0/s1. The van der Waals surface area contributed by atoms with Gasteiger partial charge in [-0.15, -0.1) is 0 Å². The minimum Gasteiger partial charge on any atom is -0.376 e. The zero-order chi connectivity index (χ0) is 17.6. The van der Waals surface area contributed by atoms with Crippen molar-refractivity contribution in [2.45, 2.75) is 31.4 Å². The van der Waals surface area contributed by atoms with Crippen LogP contribution in [0, 0.1) is 5.92 Å². The van der Waals surface area contributed by atoms with E-state index in [-0.39, 0.29) is 18.6 Å². The fraction of sp³-hybridized carbons (Fsp3) is 0.684. The van der Waals surface area contributed by atoms with Crippen LogP contribution in [0.5, 0.6) is 0 Å². The zero-order valence-corrected chi connectivity index (χ0v) is 15.3. The van der Waals surface area contributed by atoms with Gasteiger partial charge in [0.25, 0.3) is 0 Å². The Kier molecular flexibility index (Phi) is 6.39. The van der Waals surface area contributed by atoms with Crippen LogP contribution < -0.4 is 0 Å². The number of carbonyl (C=O) groups excluding carboxylic acids is 1. The lowest BCUT2D eigenvalue weighted by Crippen LogP contribution is -2.36. The molecular formula is C19H29N3O3. The number of ether oxygens (including phenoxy) is 2. The molecular weight excluding hydrogens is 318 g/mol. The van der Waals surface area contributed by atoms with E-state index in [1.165, 1.54) is 5.56 Å². The maximum absolute atomic E-state index is 12.4. The number of pyridine rings is 1. The third-order valence-corrected chi connectivity index (χ3v) is 5.29. The van der Waals surface area contributed by atoms with Gasteiger partial charge in [0.05, 0.1) is 12.7 Å². The number of rotatable bonds is 7. The summed E-state index contributed by atoms with van der Waals surface area (Å²) in [5, 5.41) is 0. The maximum atomic E-state index is 12.4. The van der Waals surface area contributed by atoms with Gasteiger partial charge in [-0.3, -0.25) is 14.7 Å². The van der Waals surface area contributed by atoms with Crippen molar-refractivity contribution in [1.82, 2.24) is 14.8 Å². The molecule has 138 valence electrons. The minimum atomic E-state index is 0.0393. The molecule has 1 unspecified atom stereocenters. The summed E-state index contributed by atoms with van der Waals surface area (Å²) in [6, 6.07) is 4.42. The smallest absolute Gasteiger partial charge is 0.248 e. The molecule has 0 spiro atoms. The van der Waals surface area contributed by atoms with E-state index in [9.17, 15) is 4.79 Å². The number of nitrogens with zero attached hydrogens (tertiary/aromatic N) is 3. The predicted molar refractivity (Wildman–Crippen MR) is 95.1 cm³/mol. The highest BCUT2D eigenvalue weighted by Crippen LogP contribution is 2.36. The van der Waals surface area contributed by atoms with Gasteiger partial charge >= 0.3 is 0 Å². The van der Waals surface area contributed by atoms with E-state index in [0.29, 0.717) is 18.6 Å². The molecule has 1 aromatic rings. The molecule has 2 saturated heterocycles. The molecule has 2 aliphatic heterocycles. The van der Waals surface area contributed by atoms with E-state index in [4.69, 9.17) is 9.47 Å². The maximum Gasteiger partial charge on any atom is 0.248 e. The highest BCUT2D eigenvalue weighted by molar-refractivity contribution is 5.77. The van der Waals surface area contributed by atoms with E-state index >= 15 is 0 Å². The minimum absolute atomic E-state index is 0.0393. The van der Waals surface area contributed by atoms with Crippen molar-refractivity contribution in [2.75, 3.05) is 47.0 Å². The first-order valence-corrected chi connectivity index (χ1v) is 9.18. The number of amides is 1. The first-order valence-electron chi connectivity index (χ1n) is 9.18. The number of likely N-dealkylation sites (N-methyl/N-ethyl adjacent to an activating group) is 1. The average molecular weight is 347 g/mol. The molecule has 2 fully saturated rings. The molecule has 0 bridgehead atoms. The Labute approximate surface area is 150 Å². The molecule has 3 heterocycles. The van der Waals surface area contributed by atoms with E-state index in [0.717, 1.165) is 39.0 Å². The molecule has 25 heavy (non-hydrogen) atoms. The molecule has 0 N–H and O–H groups in total. The van der Waals surface area contributed by atoms with Crippen LogP contribution in [0.2, 0.25) is 0 Å². The van der Waals surface area contributed by atoms with Crippen LogP contribution in [0.4, 0.5) is 0 Å². The third-order valence-electron chi connectivity index (χ3n) is 5.29. The average Bonchev–Trinajstić information content (AvgIpc) is 3.25. The Morgan fingerprint density at radius 2 is 2.36 bits per heavy atom. The highest BCUT2D eigenvalue weighted by atomic mass is 16.5. The van der Waals surface area contributed by atoms with Gasteiger partial charge < -0.3 is 14.4 Å². The first-order chi connectivity index (χ1) is 12.1. The lowest BCUT2D eigenvalue weighted by atomic mass is 9.94. The summed E-state index contributed by atoms with van der Waals surface area (Å²) in [6.07, 6.45) is 7.11. The Bertz CT molecular complexity index is 548. The van der Waals surface area contributed by atoms with Crippen LogP contribution in [-0.2, 0) is 14.3 Å². The van der Waals surface area contributed by atoms with Crippen LogP contribution >= 0.6 is 0 Å². The van der Waals surface area contributed by atoms with Gasteiger partial charge in [0.2, 0.25) is 5.91 Å². The van der Waals surface area contributed by atoms with Gasteiger partial charge in [-0.05, 0) is 50.4 Å². The largest absolute Gasteiger partial charge is 0.376 e. The Balaban J connectivity index is 1.48. The number of carbonyl (C=O) groups is 1. The summed E-state index contributed by atoms with van der Waals surface area (Å²) in [4.78, 5) is 20.8. The highest BCUT2D eigenvalue weighted by Gasteiger charge is 2.34. The number of aromatic nitrogens is 1. The summed E-state index contributed by atoms with van der Waals surface area (Å²) in [6.45, 7) is 3.25. The van der Waals surface area contributed by atoms with Crippen LogP contribution in [-0.4, -0.2) is 73.8 Å². The lowest BCUT2D eigenvalue weighted by molar-refractivity contribution is -0.136. The third kappa shape index (κ3) is 4.77. The van der Waals surface area contributed by atoms with Gasteiger partial charge in [-0.2, -0.15) is 0 Å². The summed E-state index contributed by atoms with van der Waals surface area (Å²) in [5.41, 5.74) is 1.22. The Morgan fingerprint density at radius 1 is 1.48 bits per heavy atom. The summed E-state index contributed by atoms with van der Waals surface area (Å²) in [5.74, 6) is 0.457. The molecule has 1 amide bonds. The van der Waals surface area contributed by atoms with Crippen LogP contribution in [0.1, 0.15) is 30.9 Å². The molecule has 3 atom stereocenters. The van der Waals surface area contributed by atoms with Crippen molar-refractivity contribution in [1.29, 1.82) is 0 Å². The van der Waals surface area contributed by atoms with Crippen molar-refractivity contribution >= 4 is 5.91 Å². The second kappa shape index (κ2) is 8.74. The molecule has 2 aliphatic rings. The molecule has 0 aromatic carbocycles. The zero-order valence-electron chi connectivity index (χ0n) is 15.3. The van der Waals surface area contributed by atoms with E-state index in [1.54, 1.807) is 6.20 Å². The van der Waals surface area contributed by atoms with E-state index in [1.807, 2.05) is 24.2 Å². The van der Waals surface area contributed by atoms with Gasteiger partial charge in [0.15, 0.2) is 0 Å². The topological polar surface area (TPSA) is 54.9 Å². The van der Waals surface area contributed by atoms with Gasteiger partial charge in [0.1, 0.15) is 6.61 Å². The van der Waals surface area contributed by atoms with Gasteiger partial charge in [-0.25, -0.2) is 0 Å². The Morgan fingerprint density at radius 3 is 3.08 bits per heavy atom. The normalized spacial score (nSPS) is 26.9. The fourth-order valence-electron chi connectivity index (χ4n) is 3.91. The molecule has 6 heteroatoms. The van der Waals surface area contributed by atoms with Gasteiger partial charge in [0, 0.05) is 38.6 Å². The van der Waals surface area contributed by atoms with E-state index < -0.39 is 0 Å². The molecule has 3 rings (SSSR count). The quantitative estimate of drug-likeness (QED) is 0.752. The SMILES string of the molecule is CN(C[C@@H]1CCN(C)[C@H]1c1cccnc1)C(=O)COCC1CCCO1.